The molecule has 1 spiro atoms. The minimum Gasteiger partial charge on any atom is -0.490 e. The summed E-state index contributed by atoms with van der Waals surface area (Å²) in [5.41, 5.74) is 1.09. The second-order valence-corrected chi connectivity index (χ2v) is 7.32. The van der Waals surface area contributed by atoms with Crippen LogP contribution < -0.4 is 15.4 Å². The van der Waals surface area contributed by atoms with E-state index in [0.29, 0.717) is 29.3 Å². The molecule has 0 unspecified atom stereocenters. The maximum atomic E-state index is 12.1. The van der Waals surface area contributed by atoms with Crippen molar-refractivity contribution in [2.75, 3.05) is 5.32 Å². The van der Waals surface area contributed by atoms with Gasteiger partial charge >= 0.3 is 12.0 Å². The van der Waals surface area contributed by atoms with Crippen LogP contribution >= 0.6 is 11.6 Å². The van der Waals surface area contributed by atoms with E-state index in [1.165, 1.54) is 0 Å². The number of carboxylic acid groups (broad SMARTS) is 1. The molecule has 0 atom stereocenters. The smallest absolute Gasteiger partial charge is 0.319 e. The molecule has 4 rings (SSSR count). The molecule has 1 aromatic rings. The van der Waals surface area contributed by atoms with Crippen LogP contribution in [0.25, 0.3) is 0 Å². The summed E-state index contributed by atoms with van der Waals surface area (Å²) < 4.78 is 6.09. The number of carboxylic acids is 1. The number of amides is 2. The van der Waals surface area contributed by atoms with Crippen LogP contribution in [0.15, 0.2) is 12.1 Å². The van der Waals surface area contributed by atoms with Crippen molar-refractivity contribution in [1.82, 2.24) is 5.32 Å². The van der Waals surface area contributed by atoms with Crippen molar-refractivity contribution >= 4 is 29.3 Å². The minimum absolute atomic E-state index is 0.104. The molecule has 7 heteroatoms. The summed E-state index contributed by atoms with van der Waals surface area (Å²) in [4.78, 5) is 23.0. The van der Waals surface area contributed by atoms with Crippen LogP contribution in [0.4, 0.5) is 10.5 Å². The Morgan fingerprint density at radius 3 is 2.67 bits per heavy atom. The van der Waals surface area contributed by atoms with Gasteiger partial charge in [0.1, 0.15) is 11.9 Å². The zero-order valence-corrected chi connectivity index (χ0v) is 13.9. The molecule has 0 aromatic heterocycles. The van der Waals surface area contributed by atoms with Gasteiger partial charge < -0.3 is 20.5 Å². The Kier molecular flexibility index (Phi) is 3.60. The summed E-state index contributed by atoms with van der Waals surface area (Å²) in [5, 5.41) is 15.4. The molecule has 24 heavy (non-hydrogen) atoms. The maximum absolute atomic E-state index is 12.1. The van der Waals surface area contributed by atoms with E-state index < -0.39 is 11.5 Å². The van der Waals surface area contributed by atoms with Gasteiger partial charge in [-0.1, -0.05) is 24.4 Å². The van der Waals surface area contributed by atoms with Gasteiger partial charge in [-0.25, -0.2) is 4.79 Å². The summed E-state index contributed by atoms with van der Waals surface area (Å²) in [6.45, 7) is 0. The summed E-state index contributed by atoms with van der Waals surface area (Å²) in [6, 6.07) is 3.31. The van der Waals surface area contributed by atoms with E-state index in [9.17, 15) is 9.59 Å². The second kappa shape index (κ2) is 5.55. The first-order chi connectivity index (χ1) is 11.5. The predicted octanol–water partition coefficient (Wildman–Crippen LogP) is 3.49. The lowest BCUT2D eigenvalue weighted by Gasteiger charge is -2.40. The number of hydrogen-bond acceptors (Lipinski definition) is 3. The number of urea groups is 1. The highest BCUT2D eigenvalue weighted by molar-refractivity contribution is 6.34. The van der Waals surface area contributed by atoms with Crippen molar-refractivity contribution in [3.8, 4) is 5.75 Å². The van der Waals surface area contributed by atoms with E-state index in [4.69, 9.17) is 21.4 Å². The number of anilines is 1. The first-order valence-corrected chi connectivity index (χ1v) is 8.68. The van der Waals surface area contributed by atoms with E-state index in [1.807, 2.05) is 6.07 Å². The molecule has 2 saturated carbocycles. The van der Waals surface area contributed by atoms with E-state index in [2.05, 4.69) is 10.6 Å². The average molecular weight is 351 g/mol. The van der Waals surface area contributed by atoms with Gasteiger partial charge in [-0.15, -0.1) is 0 Å². The fourth-order valence-corrected chi connectivity index (χ4v) is 4.28. The molecule has 1 aromatic carbocycles. The summed E-state index contributed by atoms with van der Waals surface area (Å²) in [6.07, 6.45) is 4.71. The molecule has 2 fully saturated rings. The molecule has 0 saturated heterocycles. The van der Waals surface area contributed by atoms with Crippen molar-refractivity contribution in [2.45, 2.75) is 50.2 Å². The number of carbonyl (C=O) groups excluding carboxylic acids is 1. The highest BCUT2D eigenvalue weighted by Gasteiger charge is 2.45. The summed E-state index contributed by atoms with van der Waals surface area (Å²) in [7, 11) is 0. The standard InChI is InChI=1S/C17H19ClN2O4/c18-11-3-4-12(24-10-7-9(8-10)15(21)22)13-14(11)19-16(23)20-17(13)5-1-2-6-17/h3-4,9-10H,1-2,5-8H2,(H,21,22)(H2,19,20,23). The van der Waals surface area contributed by atoms with E-state index in [1.54, 1.807) is 6.07 Å². The number of nitrogens with one attached hydrogen (secondary N) is 2. The van der Waals surface area contributed by atoms with Crippen molar-refractivity contribution in [3.05, 3.63) is 22.7 Å². The van der Waals surface area contributed by atoms with Crippen LogP contribution in [0.1, 0.15) is 44.1 Å². The first-order valence-electron chi connectivity index (χ1n) is 8.30. The van der Waals surface area contributed by atoms with E-state index in [0.717, 1.165) is 31.2 Å². The Hall–Kier alpha value is -1.95. The van der Waals surface area contributed by atoms with Gasteiger partial charge in [-0.3, -0.25) is 4.79 Å². The topological polar surface area (TPSA) is 87.7 Å². The normalized spacial score (nSPS) is 27.0. The third kappa shape index (κ3) is 2.40. The van der Waals surface area contributed by atoms with Crippen LogP contribution in [0.3, 0.4) is 0 Å². The van der Waals surface area contributed by atoms with Gasteiger partial charge in [0, 0.05) is 5.56 Å². The third-order valence-electron chi connectivity index (χ3n) is 5.38. The Morgan fingerprint density at radius 2 is 2.00 bits per heavy atom. The highest BCUT2D eigenvalue weighted by Crippen LogP contribution is 2.50. The Morgan fingerprint density at radius 1 is 1.29 bits per heavy atom. The third-order valence-corrected chi connectivity index (χ3v) is 5.70. The molecular weight excluding hydrogens is 332 g/mol. The zero-order valence-electron chi connectivity index (χ0n) is 13.1. The number of rotatable bonds is 3. The summed E-state index contributed by atoms with van der Waals surface area (Å²) >= 11 is 6.31. The summed E-state index contributed by atoms with van der Waals surface area (Å²) in [5.74, 6) is -0.400. The molecule has 3 aliphatic rings. The molecule has 0 radical (unpaired) electrons. The van der Waals surface area contributed by atoms with Crippen molar-refractivity contribution in [2.24, 2.45) is 5.92 Å². The first kappa shape index (κ1) is 15.6. The lowest BCUT2D eigenvalue weighted by Crippen LogP contribution is -2.50. The van der Waals surface area contributed by atoms with Crippen LogP contribution in [0.2, 0.25) is 5.02 Å². The van der Waals surface area contributed by atoms with Crippen LogP contribution in [0.5, 0.6) is 5.75 Å². The van der Waals surface area contributed by atoms with Gasteiger partial charge in [-0.2, -0.15) is 0 Å². The monoisotopic (exact) mass is 350 g/mol. The van der Waals surface area contributed by atoms with Gasteiger partial charge in [-0.05, 0) is 37.8 Å². The lowest BCUT2D eigenvalue weighted by molar-refractivity contribution is -0.147. The molecule has 128 valence electrons. The largest absolute Gasteiger partial charge is 0.490 e. The maximum Gasteiger partial charge on any atom is 0.319 e. The van der Waals surface area contributed by atoms with Crippen molar-refractivity contribution in [1.29, 1.82) is 0 Å². The van der Waals surface area contributed by atoms with E-state index >= 15 is 0 Å². The van der Waals surface area contributed by atoms with Crippen LogP contribution in [-0.2, 0) is 10.3 Å². The van der Waals surface area contributed by atoms with Crippen LogP contribution in [-0.4, -0.2) is 23.2 Å². The number of carbonyl (C=O) groups is 2. The minimum atomic E-state index is -0.769. The zero-order chi connectivity index (χ0) is 16.9. The Bertz CT molecular complexity index is 709. The van der Waals surface area contributed by atoms with Gasteiger partial charge in [0.2, 0.25) is 0 Å². The van der Waals surface area contributed by atoms with Crippen molar-refractivity contribution in [3.63, 3.8) is 0 Å². The molecule has 1 aliphatic heterocycles. The number of hydrogen-bond donors (Lipinski definition) is 3. The molecule has 2 amide bonds. The fraction of sp³-hybridized carbons (Fsp3) is 0.529. The quantitative estimate of drug-likeness (QED) is 0.778. The molecule has 0 bridgehead atoms. The Balaban J connectivity index is 1.68. The lowest BCUT2D eigenvalue weighted by atomic mass is 9.81. The molecule has 6 nitrogen and oxygen atoms in total. The number of halogens is 1. The van der Waals surface area contributed by atoms with Gasteiger partial charge in [0.05, 0.1) is 22.2 Å². The average Bonchev–Trinajstić information content (AvgIpc) is 2.93. The van der Waals surface area contributed by atoms with Gasteiger partial charge in [0.15, 0.2) is 0 Å². The Labute approximate surface area is 144 Å². The van der Waals surface area contributed by atoms with Crippen LogP contribution in [0, 0.1) is 5.92 Å². The SMILES string of the molecule is O=C1Nc2c(Cl)ccc(OC3CC(C(=O)O)C3)c2C2(CCCC2)N1. The number of aliphatic carboxylic acids is 1. The second-order valence-electron chi connectivity index (χ2n) is 6.91. The molecule has 2 aliphatic carbocycles. The number of fused-ring (bicyclic) bond motifs is 2. The number of ether oxygens (including phenoxy) is 1. The molecular formula is C17H19ClN2O4. The predicted molar refractivity (Wildman–Crippen MR) is 88.5 cm³/mol. The highest BCUT2D eigenvalue weighted by atomic mass is 35.5. The molecule has 3 N–H and O–H groups in total. The number of benzene rings is 1. The van der Waals surface area contributed by atoms with Crippen molar-refractivity contribution < 1.29 is 19.4 Å². The van der Waals surface area contributed by atoms with E-state index in [-0.39, 0.29) is 18.1 Å². The van der Waals surface area contributed by atoms with Gasteiger partial charge in [0.25, 0.3) is 0 Å². The fourth-order valence-electron chi connectivity index (χ4n) is 4.07. The molecule has 1 heterocycles.